The highest BCUT2D eigenvalue weighted by atomic mass is 16.6. The van der Waals surface area contributed by atoms with Crippen LogP contribution in [0.25, 0.3) is 0 Å². The molecule has 0 atom stereocenters. The number of esters is 1. The van der Waals surface area contributed by atoms with Crippen LogP contribution in [-0.2, 0) is 14.3 Å². The van der Waals surface area contributed by atoms with Crippen molar-refractivity contribution >= 4 is 29.4 Å². The SMILES string of the molecule is NC(=O)COC(=O)CN1C(=O)c2cccc([N+](=O)[O-])c2C1=O. The molecule has 1 aliphatic heterocycles. The lowest BCUT2D eigenvalue weighted by molar-refractivity contribution is -0.385. The van der Waals surface area contributed by atoms with Crippen LogP contribution in [0.4, 0.5) is 5.69 Å². The van der Waals surface area contributed by atoms with E-state index in [4.69, 9.17) is 5.73 Å². The maximum atomic E-state index is 12.1. The maximum Gasteiger partial charge on any atom is 0.326 e. The van der Waals surface area contributed by atoms with Gasteiger partial charge >= 0.3 is 5.97 Å². The molecule has 0 bridgehead atoms. The summed E-state index contributed by atoms with van der Waals surface area (Å²) in [6.07, 6.45) is 0. The van der Waals surface area contributed by atoms with Crippen molar-refractivity contribution in [1.29, 1.82) is 0 Å². The van der Waals surface area contributed by atoms with Gasteiger partial charge in [-0.2, -0.15) is 0 Å². The van der Waals surface area contributed by atoms with Crippen molar-refractivity contribution in [3.63, 3.8) is 0 Å². The first kappa shape index (κ1) is 15.1. The Hall–Kier alpha value is -3.30. The smallest absolute Gasteiger partial charge is 0.326 e. The van der Waals surface area contributed by atoms with Crippen LogP contribution in [-0.4, -0.2) is 46.7 Å². The number of benzene rings is 1. The number of rotatable bonds is 5. The molecule has 1 aromatic rings. The predicted molar refractivity (Wildman–Crippen MR) is 68.6 cm³/mol. The molecule has 1 heterocycles. The number of nitrogens with two attached hydrogens (primary N) is 1. The van der Waals surface area contributed by atoms with Crippen LogP contribution in [0.15, 0.2) is 18.2 Å². The lowest BCUT2D eigenvalue weighted by Gasteiger charge is -2.12. The zero-order valence-corrected chi connectivity index (χ0v) is 11.0. The Bertz CT molecular complexity index is 713. The molecule has 22 heavy (non-hydrogen) atoms. The summed E-state index contributed by atoms with van der Waals surface area (Å²) in [5.41, 5.74) is 3.72. The van der Waals surface area contributed by atoms with Gasteiger partial charge in [0.25, 0.3) is 23.4 Å². The number of nitro benzene ring substituents is 1. The Labute approximate surface area is 122 Å². The van der Waals surface area contributed by atoms with Crippen LogP contribution >= 0.6 is 0 Å². The largest absolute Gasteiger partial charge is 0.454 e. The standard InChI is InChI=1S/C12H9N3O7/c13-8(16)5-22-9(17)4-14-11(18)6-2-1-3-7(15(20)21)10(6)12(14)19/h1-3H,4-5H2,(H2,13,16). The summed E-state index contributed by atoms with van der Waals surface area (Å²) in [5, 5.41) is 10.9. The molecule has 0 spiro atoms. The summed E-state index contributed by atoms with van der Waals surface area (Å²) < 4.78 is 4.45. The highest BCUT2D eigenvalue weighted by molar-refractivity contribution is 6.24. The normalized spacial score (nSPS) is 13.0. The molecule has 0 saturated heterocycles. The minimum absolute atomic E-state index is 0.165. The van der Waals surface area contributed by atoms with E-state index >= 15 is 0 Å². The quantitative estimate of drug-likeness (QED) is 0.324. The first-order valence-corrected chi connectivity index (χ1v) is 5.90. The summed E-state index contributed by atoms with van der Waals surface area (Å²) >= 11 is 0. The fraction of sp³-hybridized carbons (Fsp3) is 0.167. The summed E-state index contributed by atoms with van der Waals surface area (Å²) in [6.45, 7) is -1.46. The number of ether oxygens (including phenoxy) is 1. The molecule has 2 N–H and O–H groups in total. The summed E-state index contributed by atoms with van der Waals surface area (Å²) in [7, 11) is 0. The monoisotopic (exact) mass is 307 g/mol. The number of fused-ring (bicyclic) bond motifs is 1. The lowest BCUT2D eigenvalue weighted by Crippen LogP contribution is -2.36. The Morgan fingerprint density at radius 1 is 1.27 bits per heavy atom. The number of nitrogens with zero attached hydrogens (tertiary/aromatic N) is 2. The molecule has 0 saturated carbocycles. The third kappa shape index (κ3) is 2.61. The number of nitro groups is 1. The van der Waals surface area contributed by atoms with Gasteiger partial charge in [-0.3, -0.25) is 34.2 Å². The van der Waals surface area contributed by atoms with Gasteiger partial charge in [0.15, 0.2) is 6.61 Å². The number of imide groups is 1. The molecule has 3 amide bonds. The fourth-order valence-corrected chi connectivity index (χ4v) is 1.94. The molecule has 2 rings (SSSR count). The minimum Gasteiger partial charge on any atom is -0.454 e. The van der Waals surface area contributed by atoms with E-state index in [-0.39, 0.29) is 11.1 Å². The van der Waals surface area contributed by atoms with E-state index in [1.807, 2.05) is 0 Å². The van der Waals surface area contributed by atoms with E-state index < -0.39 is 47.5 Å². The average Bonchev–Trinajstić information content (AvgIpc) is 2.70. The van der Waals surface area contributed by atoms with E-state index in [1.54, 1.807) is 0 Å². The van der Waals surface area contributed by atoms with Gasteiger partial charge in [-0.05, 0) is 6.07 Å². The van der Waals surface area contributed by atoms with Crippen molar-refractivity contribution in [2.24, 2.45) is 5.73 Å². The van der Waals surface area contributed by atoms with Crippen molar-refractivity contribution < 1.29 is 28.8 Å². The molecule has 1 aromatic carbocycles. The Kier molecular flexibility index (Phi) is 3.84. The highest BCUT2D eigenvalue weighted by Crippen LogP contribution is 2.30. The van der Waals surface area contributed by atoms with Crippen LogP contribution in [0.5, 0.6) is 0 Å². The number of hydrogen-bond donors (Lipinski definition) is 1. The van der Waals surface area contributed by atoms with Crippen LogP contribution in [0, 0.1) is 10.1 Å². The Morgan fingerprint density at radius 2 is 1.95 bits per heavy atom. The Balaban J connectivity index is 2.24. The van der Waals surface area contributed by atoms with Gasteiger partial charge in [0.2, 0.25) is 0 Å². The topological polar surface area (TPSA) is 150 Å². The van der Waals surface area contributed by atoms with Gasteiger partial charge in [-0.1, -0.05) is 6.07 Å². The molecule has 0 aromatic heterocycles. The predicted octanol–water partition coefficient (Wildman–Crippen LogP) is -0.781. The third-order valence-electron chi connectivity index (χ3n) is 2.84. The molecule has 114 valence electrons. The molecular weight excluding hydrogens is 298 g/mol. The average molecular weight is 307 g/mol. The second-order valence-corrected chi connectivity index (χ2v) is 4.28. The number of hydrogen-bond acceptors (Lipinski definition) is 7. The molecule has 0 unspecified atom stereocenters. The van der Waals surface area contributed by atoms with Gasteiger partial charge in [-0.25, -0.2) is 0 Å². The molecular formula is C12H9N3O7. The fourth-order valence-electron chi connectivity index (χ4n) is 1.94. The van der Waals surface area contributed by atoms with Crippen molar-refractivity contribution in [2.45, 2.75) is 0 Å². The zero-order chi connectivity index (χ0) is 16.4. The Morgan fingerprint density at radius 3 is 2.55 bits per heavy atom. The van der Waals surface area contributed by atoms with E-state index in [9.17, 15) is 29.3 Å². The van der Waals surface area contributed by atoms with Gasteiger partial charge in [-0.15, -0.1) is 0 Å². The molecule has 10 heteroatoms. The first-order valence-electron chi connectivity index (χ1n) is 5.90. The van der Waals surface area contributed by atoms with Gasteiger partial charge < -0.3 is 10.5 Å². The summed E-state index contributed by atoms with van der Waals surface area (Å²) in [6, 6.07) is 3.59. The van der Waals surface area contributed by atoms with Crippen LogP contribution in [0.3, 0.4) is 0 Å². The van der Waals surface area contributed by atoms with E-state index in [0.29, 0.717) is 4.90 Å². The van der Waals surface area contributed by atoms with E-state index in [0.717, 1.165) is 6.07 Å². The number of amides is 3. The van der Waals surface area contributed by atoms with Gasteiger partial charge in [0.1, 0.15) is 12.1 Å². The molecule has 0 radical (unpaired) electrons. The van der Waals surface area contributed by atoms with Crippen LogP contribution < -0.4 is 5.73 Å². The minimum atomic E-state index is -1.03. The highest BCUT2D eigenvalue weighted by Gasteiger charge is 2.41. The van der Waals surface area contributed by atoms with E-state index in [1.165, 1.54) is 12.1 Å². The summed E-state index contributed by atoms with van der Waals surface area (Å²) in [4.78, 5) is 56.7. The molecule has 10 nitrogen and oxygen atoms in total. The van der Waals surface area contributed by atoms with Crippen molar-refractivity contribution in [3.8, 4) is 0 Å². The first-order chi connectivity index (χ1) is 10.3. The van der Waals surface area contributed by atoms with E-state index in [2.05, 4.69) is 4.74 Å². The van der Waals surface area contributed by atoms with Gasteiger partial charge in [0, 0.05) is 6.07 Å². The van der Waals surface area contributed by atoms with Crippen molar-refractivity contribution in [3.05, 3.63) is 39.4 Å². The molecule has 0 aliphatic carbocycles. The number of carbonyl (C=O) groups excluding carboxylic acids is 4. The van der Waals surface area contributed by atoms with Crippen molar-refractivity contribution in [2.75, 3.05) is 13.2 Å². The third-order valence-corrected chi connectivity index (χ3v) is 2.84. The summed E-state index contributed by atoms with van der Waals surface area (Å²) in [5.74, 6) is -3.75. The lowest BCUT2D eigenvalue weighted by atomic mass is 10.1. The maximum absolute atomic E-state index is 12.1. The molecule has 1 aliphatic rings. The second-order valence-electron chi connectivity index (χ2n) is 4.28. The number of carbonyl (C=O) groups is 4. The van der Waals surface area contributed by atoms with Crippen molar-refractivity contribution in [1.82, 2.24) is 4.90 Å². The molecule has 0 fully saturated rings. The van der Waals surface area contributed by atoms with Crippen LogP contribution in [0.1, 0.15) is 20.7 Å². The number of primary amides is 1. The zero-order valence-electron chi connectivity index (χ0n) is 11.0. The second kappa shape index (κ2) is 5.60. The van der Waals surface area contributed by atoms with Gasteiger partial charge in [0.05, 0.1) is 10.5 Å². The van der Waals surface area contributed by atoms with Crippen LogP contribution in [0.2, 0.25) is 0 Å².